The fourth-order valence-electron chi connectivity index (χ4n) is 3.18. The molecule has 1 heterocycles. The molecule has 26 heavy (non-hydrogen) atoms. The van der Waals surface area contributed by atoms with Crippen molar-refractivity contribution in [3.05, 3.63) is 62.1 Å². The van der Waals surface area contributed by atoms with Crippen molar-refractivity contribution in [2.45, 2.75) is 19.4 Å². The minimum Gasteiger partial charge on any atom is -0.326 e. The van der Waals surface area contributed by atoms with Crippen LogP contribution in [0.25, 0.3) is 0 Å². The number of carbonyl (C=O) groups excluding carboxylic acids is 1. The Kier molecular flexibility index (Phi) is 6.70. The van der Waals surface area contributed by atoms with Crippen LogP contribution in [0.1, 0.15) is 18.4 Å². The van der Waals surface area contributed by atoms with Gasteiger partial charge in [0.05, 0.1) is 16.0 Å². The average molecular weight is 432 g/mol. The van der Waals surface area contributed by atoms with Crippen molar-refractivity contribution in [2.75, 3.05) is 18.4 Å². The fourth-order valence-corrected chi connectivity index (χ4v) is 4.03. The minimum atomic E-state index is -0.0794. The molecule has 3 nitrogen and oxygen atoms in total. The Bertz CT molecular complexity index is 792. The molecule has 0 bridgehead atoms. The van der Waals surface area contributed by atoms with Gasteiger partial charge in [0, 0.05) is 28.8 Å². The van der Waals surface area contributed by atoms with E-state index in [4.69, 9.17) is 46.4 Å². The lowest BCUT2D eigenvalue weighted by Crippen LogP contribution is -2.40. The average Bonchev–Trinajstić information content (AvgIpc) is 2.57. The molecule has 1 saturated heterocycles. The number of amides is 1. The Labute approximate surface area is 173 Å². The summed E-state index contributed by atoms with van der Waals surface area (Å²) in [4.78, 5) is 14.9. The predicted octanol–water partition coefficient (Wildman–Crippen LogP) is 6.15. The van der Waals surface area contributed by atoms with Crippen molar-refractivity contribution >= 4 is 58.0 Å². The maximum absolute atomic E-state index is 12.6. The van der Waals surface area contributed by atoms with Gasteiger partial charge in [0.15, 0.2) is 0 Å². The number of piperidine rings is 1. The maximum atomic E-state index is 12.6. The van der Waals surface area contributed by atoms with E-state index in [1.54, 1.807) is 24.3 Å². The molecule has 2 aromatic carbocycles. The predicted molar refractivity (Wildman–Crippen MR) is 110 cm³/mol. The van der Waals surface area contributed by atoms with Crippen molar-refractivity contribution < 1.29 is 4.79 Å². The molecule has 1 N–H and O–H groups in total. The highest BCUT2D eigenvalue weighted by molar-refractivity contribution is 6.42. The summed E-state index contributed by atoms with van der Waals surface area (Å²) in [5.41, 5.74) is 1.70. The molecule has 1 aliphatic heterocycles. The summed E-state index contributed by atoms with van der Waals surface area (Å²) >= 11 is 24.0. The van der Waals surface area contributed by atoms with E-state index < -0.39 is 0 Å². The zero-order chi connectivity index (χ0) is 18.7. The topological polar surface area (TPSA) is 32.3 Å². The number of nitrogens with zero attached hydrogens (tertiary/aromatic N) is 1. The number of rotatable bonds is 4. The van der Waals surface area contributed by atoms with Gasteiger partial charge in [-0.05, 0) is 55.3 Å². The number of likely N-dealkylation sites (tertiary alicyclic amines) is 1. The standard InChI is InChI=1S/C19H18Cl4N2O/c20-14-7-15(21)9-16(8-14)24-19(26)13-2-1-5-25(11-13)10-12-3-4-17(22)18(23)6-12/h3-4,6-9,13H,1-2,5,10-11H2,(H,24,26). The van der Waals surface area contributed by atoms with E-state index in [-0.39, 0.29) is 11.8 Å². The van der Waals surface area contributed by atoms with Crippen molar-refractivity contribution in [3.8, 4) is 0 Å². The van der Waals surface area contributed by atoms with E-state index in [1.807, 2.05) is 12.1 Å². The second-order valence-corrected chi connectivity index (χ2v) is 8.16. The van der Waals surface area contributed by atoms with Gasteiger partial charge in [-0.2, -0.15) is 0 Å². The summed E-state index contributed by atoms with van der Waals surface area (Å²) in [7, 11) is 0. The molecule has 7 heteroatoms. The van der Waals surface area contributed by atoms with Crippen molar-refractivity contribution in [3.63, 3.8) is 0 Å². The molecule has 0 radical (unpaired) electrons. The molecule has 0 aromatic heterocycles. The molecule has 1 amide bonds. The van der Waals surface area contributed by atoms with Crippen LogP contribution in [0.15, 0.2) is 36.4 Å². The van der Waals surface area contributed by atoms with Crippen LogP contribution < -0.4 is 5.32 Å². The first kappa shape index (κ1) is 19.8. The minimum absolute atomic E-state index is 0.0119. The van der Waals surface area contributed by atoms with Crippen LogP contribution in [0.4, 0.5) is 5.69 Å². The highest BCUT2D eigenvalue weighted by Gasteiger charge is 2.26. The number of nitrogens with one attached hydrogen (secondary N) is 1. The molecule has 0 saturated carbocycles. The van der Waals surface area contributed by atoms with Gasteiger partial charge in [0.2, 0.25) is 5.91 Å². The summed E-state index contributed by atoms with van der Waals surface area (Å²) in [6, 6.07) is 10.7. The summed E-state index contributed by atoms with van der Waals surface area (Å²) in [5, 5.41) is 5.01. The zero-order valence-electron chi connectivity index (χ0n) is 13.9. The highest BCUT2D eigenvalue weighted by Crippen LogP contribution is 2.26. The van der Waals surface area contributed by atoms with Crippen molar-refractivity contribution in [1.29, 1.82) is 0 Å². The van der Waals surface area contributed by atoms with Crippen LogP contribution in [0.5, 0.6) is 0 Å². The fraction of sp³-hybridized carbons (Fsp3) is 0.316. The van der Waals surface area contributed by atoms with Gasteiger partial charge in [0.25, 0.3) is 0 Å². The lowest BCUT2D eigenvalue weighted by molar-refractivity contribution is -0.121. The number of hydrogen-bond acceptors (Lipinski definition) is 2. The Morgan fingerprint density at radius 3 is 2.46 bits per heavy atom. The van der Waals surface area contributed by atoms with E-state index in [0.29, 0.717) is 32.3 Å². The largest absolute Gasteiger partial charge is 0.326 e. The van der Waals surface area contributed by atoms with Crippen molar-refractivity contribution in [2.24, 2.45) is 5.92 Å². The van der Waals surface area contributed by atoms with Gasteiger partial charge >= 0.3 is 0 Å². The molecule has 1 atom stereocenters. The summed E-state index contributed by atoms with van der Waals surface area (Å²) in [6.45, 7) is 2.39. The Balaban J connectivity index is 1.62. The third kappa shape index (κ3) is 5.28. The SMILES string of the molecule is O=C(Nc1cc(Cl)cc(Cl)c1)C1CCCN(Cc2ccc(Cl)c(Cl)c2)C1. The van der Waals surface area contributed by atoms with Gasteiger partial charge in [-0.25, -0.2) is 0 Å². The lowest BCUT2D eigenvalue weighted by Gasteiger charge is -2.32. The van der Waals surface area contributed by atoms with Crippen molar-refractivity contribution in [1.82, 2.24) is 4.90 Å². The summed E-state index contributed by atoms with van der Waals surface area (Å²) in [5.74, 6) is -0.0912. The quantitative estimate of drug-likeness (QED) is 0.629. The zero-order valence-corrected chi connectivity index (χ0v) is 17.0. The molecule has 138 valence electrons. The number of carbonyl (C=O) groups is 1. The highest BCUT2D eigenvalue weighted by atomic mass is 35.5. The van der Waals surface area contributed by atoms with E-state index in [1.165, 1.54) is 0 Å². The maximum Gasteiger partial charge on any atom is 0.228 e. The second-order valence-electron chi connectivity index (χ2n) is 6.47. The number of hydrogen-bond donors (Lipinski definition) is 1. The lowest BCUT2D eigenvalue weighted by atomic mass is 9.96. The first-order valence-corrected chi connectivity index (χ1v) is 9.85. The van der Waals surface area contributed by atoms with Gasteiger partial charge in [-0.3, -0.25) is 9.69 Å². The van der Waals surface area contributed by atoms with Crippen LogP contribution in [0.2, 0.25) is 20.1 Å². The summed E-state index contributed by atoms with van der Waals surface area (Å²) in [6.07, 6.45) is 1.83. The Morgan fingerprint density at radius 2 is 1.77 bits per heavy atom. The van der Waals surface area contributed by atoms with E-state index in [9.17, 15) is 4.79 Å². The first-order chi connectivity index (χ1) is 12.4. The third-order valence-electron chi connectivity index (χ3n) is 4.40. The van der Waals surface area contributed by atoms with Crippen LogP contribution in [0, 0.1) is 5.92 Å². The van der Waals surface area contributed by atoms with E-state index in [0.717, 1.165) is 31.5 Å². The van der Waals surface area contributed by atoms with Gasteiger partial charge in [-0.15, -0.1) is 0 Å². The molecule has 2 aromatic rings. The number of benzene rings is 2. The molecule has 3 rings (SSSR count). The van der Waals surface area contributed by atoms with Crippen LogP contribution in [0.3, 0.4) is 0 Å². The van der Waals surface area contributed by atoms with Gasteiger partial charge in [0.1, 0.15) is 0 Å². The Hall–Kier alpha value is -0.970. The second kappa shape index (κ2) is 8.81. The monoisotopic (exact) mass is 430 g/mol. The molecular formula is C19H18Cl4N2O. The van der Waals surface area contributed by atoms with E-state index in [2.05, 4.69) is 10.2 Å². The molecule has 0 aliphatic carbocycles. The molecule has 0 spiro atoms. The Morgan fingerprint density at radius 1 is 1.04 bits per heavy atom. The van der Waals surface area contributed by atoms with Crippen LogP contribution >= 0.6 is 46.4 Å². The third-order valence-corrected chi connectivity index (χ3v) is 5.57. The summed E-state index contributed by atoms with van der Waals surface area (Å²) < 4.78 is 0. The van der Waals surface area contributed by atoms with Crippen LogP contribution in [-0.4, -0.2) is 23.9 Å². The molecule has 1 unspecified atom stereocenters. The molecular weight excluding hydrogens is 414 g/mol. The normalized spacial score (nSPS) is 17.9. The van der Waals surface area contributed by atoms with Gasteiger partial charge in [-0.1, -0.05) is 52.5 Å². The smallest absolute Gasteiger partial charge is 0.228 e. The van der Waals surface area contributed by atoms with Gasteiger partial charge < -0.3 is 5.32 Å². The molecule has 1 aliphatic rings. The number of halogens is 4. The van der Waals surface area contributed by atoms with E-state index >= 15 is 0 Å². The molecule has 1 fully saturated rings. The number of anilines is 1. The van der Waals surface area contributed by atoms with Crippen LogP contribution in [-0.2, 0) is 11.3 Å². The first-order valence-electron chi connectivity index (χ1n) is 8.34.